The maximum absolute atomic E-state index is 12.1. The molecule has 0 aliphatic heterocycles. The van der Waals surface area contributed by atoms with Crippen LogP contribution in [-0.2, 0) is 11.3 Å². The molecule has 100 valence electrons. The molecule has 0 atom stereocenters. The Kier molecular flexibility index (Phi) is 4.05. The molecule has 0 aromatic carbocycles. The van der Waals surface area contributed by atoms with Crippen molar-refractivity contribution < 1.29 is 14.7 Å². The predicted octanol–water partition coefficient (Wildman–Crippen LogP) is 0.623. The third kappa shape index (κ3) is 3.06. The highest BCUT2D eigenvalue weighted by Crippen LogP contribution is 2.18. The van der Waals surface area contributed by atoms with Gasteiger partial charge in [0.05, 0.1) is 6.20 Å². The van der Waals surface area contributed by atoms with Crippen LogP contribution >= 0.6 is 0 Å². The van der Waals surface area contributed by atoms with E-state index in [2.05, 4.69) is 10.3 Å². The van der Waals surface area contributed by atoms with Gasteiger partial charge in [-0.25, -0.2) is 4.68 Å². The lowest BCUT2D eigenvalue weighted by molar-refractivity contribution is -0.137. The van der Waals surface area contributed by atoms with Gasteiger partial charge >= 0.3 is 5.97 Å². The van der Waals surface area contributed by atoms with E-state index >= 15 is 0 Å². The predicted molar refractivity (Wildman–Crippen MR) is 64.1 cm³/mol. The van der Waals surface area contributed by atoms with Gasteiger partial charge in [-0.15, -0.1) is 5.10 Å². The van der Waals surface area contributed by atoms with Gasteiger partial charge in [0.2, 0.25) is 0 Å². The second-order valence-electron chi connectivity index (χ2n) is 4.73. The third-order valence-electron chi connectivity index (χ3n) is 3.13. The van der Waals surface area contributed by atoms with Crippen LogP contribution in [0.3, 0.4) is 0 Å². The molecule has 1 N–H and O–H groups in total. The van der Waals surface area contributed by atoms with E-state index in [0.29, 0.717) is 0 Å². The van der Waals surface area contributed by atoms with E-state index in [9.17, 15) is 9.59 Å². The van der Waals surface area contributed by atoms with Gasteiger partial charge in [-0.3, -0.25) is 9.59 Å². The summed E-state index contributed by atoms with van der Waals surface area (Å²) in [6.45, 7) is 5.59. The van der Waals surface area contributed by atoms with Crippen molar-refractivity contribution in [2.75, 3.05) is 7.05 Å². The van der Waals surface area contributed by atoms with Crippen LogP contribution in [0.15, 0.2) is 6.20 Å². The number of hydrogen-bond acceptors (Lipinski definition) is 4. The molecule has 0 bridgehead atoms. The summed E-state index contributed by atoms with van der Waals surface area (Å²) in [5.41, 5.74) is -0.131. The largest absolute Gasteiger partial charge is 0.480 e. The zero-order valence-electron chi connectivity index (χ0n) is 11.0. The van der Waals surface area contributed by atoms with Crippen LogP contribution in [0.2, 0.25) is 0 Å². The maximum Gasteiger partial charge on any atom is 0.325 e. The Labute approximate surface area is 105 Å². The minimum Gasteiger partial charge on any atom is -0.480 e. The molecule has 1 rings (SSSR count). The lowest BCUT2D eigenvalue weighted by atomic mass is 10.00. The molecule has 1 amide bonds. The SMILES string of the molecule is CCC(C)(C)N(C)C(=O)c1cn(CC(=O)O)nn1. The summed E-state index contributed by atoms with van der Waals surface area (Å²) in [6, 6.07) is 0. The van der Waals surface area contributed by atoms with Gasteiger partial charge in [-0.1, -0.05) is 12.1 Å². The van der Waals surface area contributed by atoms with Crippen molar-refractivity contribution in [3.63, 3.8) is 0 Å². The van der Waals surface area contributed by atoms with E-state index in [4.69, 9.17) is 5.11 Å². The number of hydrogen-bond donors (Lipinski definition) is 1. The average Bonchev–Trinajstić information content (AvgIpc) is 2.74. The van der Waals surface area contributed by atoms with E-state index in [1.165, 1.54) is 6.20 Å². The monoisotopic (exact) mass is 254 g/mol. The fraction of sp³-hybridized carbons (Fsp3) is 0.636. The van der Waals surface area contributed by atoms with E-state index in [1.807, 2.05) is 20.8 Å². The van der Waals surface area contributed by atoms with Crippen LogP contribution in [-0.4, -0.2) is 49.5 Å². The number of carbonyl (C=O) groups excluding carboxylic acids is 1. The van der Waals surface area contributed by atoms with Gasteiger partial charge in [0.15, 0.2) is 5.69 Å². The summed E-state index contributed by atoms with van der Waals surface area (Å²) in [4.78, 5) is 24.2. The smallest absolute Gasteiger partial charge is 0.325 e. The molecule has 0 saturated heterocycles. The number of aliphatic carboxylic acids is 1. The van der Waals surface area contributed by atoms with Crippen LogP contribution in [0.25, 0.3) is 0 Å². The molecule has 0 spiro atoms. The lowest BCUT2D eigenvalue weighted by Gasteiger charge is -2.34. The molecular weight excluding hydrogens is 236 g/mol. The molecule has 0 radical (unpaired) electrons. The molecule has 7 nitrogen and oxygen atoms in total. The first kappa shape index (κ1) is 14.1. The Hall–Kier alpha value is -1.92. The van der Waals surface area contributed by atoms with Gasteiger partial charge in [0.25, 0.3) is 5.91 Å². The highest BCUT2D eigenvalue weighted by molar-refractivity contribution is 5.92. The highest BCUT2D eigenvalue weighted by atomic mass is 16.4. The zero-order chi connectivity index (χ0) is 13.9. The van der Waals surface area contributed by atoms with Crippen molar-refractivity contribution in [2.45, 2.75) is 39.3 Å². The summed E-state index contributed by atoms with van der Waals surface area (Å²) in [5.74, 6) is -1.29. The second kappa shape index (κ2) is 5.16. The minimum absolute atomic E-state index is 0.153. The molecule has 0 saturated carbocycles. The van der Waals surface area contributed by atoms with Crippen molar-refractivity contribution in [3.05, 3.63) is 11.9 Å². The Morgan fingerprint density at radius 3 is 2.61 bits per heavy atom. The van der Waals surface area contributed by atoms with Gasteiger partial charge < -0.3 is 10.0 Å². The first-order chi connectivity index (χ1) is 8.27. The topological polar surface area (TPSA) is 88.3 Å². The van der Waals surface area contributed by atoms with Gasteiger partial charge in [0, 0.05) is 12.6 Å². The highest BCUT2D eigenvalue weighted by Gasteiger charge is 2.28. The molecule has 18 heavy (non-hydrogen) atoms. The summed E-state index contributed by atoms with van der Waals surface area (Å²) in [6.07, 6.45) is 2.15. The molecule has 0 aliphatic rings. The summed E-state index contributed by atoms with van der Waals surface area (Å²) in [7, 11) is 1.70. The van der Waals surface area contributed by atoms with Crippen molar-refractivity contribution in [3.8, 4) is 0 Å². The molecule has 7 heteroatoms. The zero-order valence-corrected chi connectivity index (χ0v) is 11.0. The average molecular weight is 254 g/mol. The van der Waals surface area contributed by atoms with E-state index in [-0.39, 0.29) is 23.7 Å². The molecule has 1 heterocycles. The lowest BCUT2D eigenvalue weighted by Crippen LogP contribution is -2.44. The van der Waals surface area contributed by atoms with E-state index < -0.39 is 5.97 Å². The van der Waals surface area contributed by atoms with Crippen LogP contribution in [0.5, 0.6) is 0 Å². The Morgan fingerprint density at radius 2 is 2.11 bits per heavy atom. The number of aromatic nitrogens is 3. The molecular formula is C11H18N4O3. The number of carboxylic acids is 1. The second-order valence-corrected chi connectivity index (χ2v) is 4.73. The van der Waals surface area contributed by atoms with Crippen LogP contribution in [0, 0.1) is 0 Å². The van der Waals surface area contributed by atoms with Crippen molar-refractivity contribution in [1.82, 2.24) is 19.9 Å². The standard InChI is InChI=1S/C11H18N4O3/c1-5-11(2,3)14(4)10(18)8-6-15(13-12-8)7-9(16)17/h6H,5,7H2,1-4H3,(H,16,17). The number of nitrogens with zero attached hydrogens (tertiary/aromatic N) is 4. The summed E-state index contributed by atoms with van der Waals surface area (Å²) >= 11 is 0. The summed E-state index contributed by atoms with van der Waals surface area (Å²) in [5, 5.41) is 15.9. The number of carbonyl (C=O) groups is 2. The number of rotatable bonds is 5. The quantitative estimate of drug-likeness (QED) is 0.832. The van der Waals surface area contributed by atoms with Crippen LogP contribution in [0.4, 0.5) is 0 Å². The van der Waals surface area contributed by atoms with Crippen LogP contribution < -0.4 is 0 Å². The Morgan fingerprint density at radius 1 is 1.50 bits per heavy atom. The Bertz CT molecular complexity index is 453. The minimum atomic E-state index is -1.03. The molecule has 1 aromatic rings. The Balaban J connectivity index is 2.84. The molecule has 1 aromatic heterocycles. The van der Waals surface area contributed by atoms with Gasteiger partial charge in [-0.2, -0.15) is 0 Å². The molecule has 0 aliphatic carbocycles. The normalized spacial score (nSPS) is 11.3. The number of amides is 1. The first-order valence-electron chi connectivity index (χ1n) is 5.68. The molecule has 0 fully saturated rings. The number of carboxylic acid groups (broad SMARTS) is 1. The van der Waals surface area contributed by atoms with Crippen molar-refractivity contribution in [2.24, 2.45) is 0 Å². The first-order valence-corrected chi connectivity index (χ1v) is 5.68. The third-order valence-corrected chi connectivity index (χ3v) is 3.13. The maximum atomic E-state index is 12.1. The van der Waals surface area contributed by atoms with Gasteiger partial charge in [0.1, 0.15) is 6.54 Å². The fourth-order valence-corrected chi connectivity index (χ4v) is 1.30. The fourth-order valence-electron chi connectivity index (χ4n) is 1.30. The van der Waals surface area contributed by atoms with Gasteiger partial charge in [-0.05, 0) is 20.3 Å². The van der Waals surface area contributed by atoms with E-state index in [1.54, 1.807) is 11.9 Å². The van der Waals surface area contributed by atoms with Crippen LogP contribution in [0.1, 0.15) is 37.7 Å². The van der Waals surface area contributed by atoms with Crippen molar-refractivity contribution >= 4 is 11.9 Å². The van der Waals surface area contributed by atoms with Crippen molar-refractivity contribution in [1.29, 1.82) is 0 Å². The molecule has 0 unspecified atom stereocenters. The summed E-state index contributed by atoms with van der Waals surface area (Å²) < 4.78 is 1.13. The van der Waals surface area contributed by atoms with E-state index in [0.717, 1.165) is 11.1 Å².